The van der Waals surface area contributed by atoms with Gasteiger partial charge in [-0.05, 0) is 30.2 Å². The van der Waals surface area contributed by atoms with Crippen molar-refractivity contribution in [1.29, 1.82) is 5.26 Å². The van der Waals surface area contributed by atoms with Crippen molar-refractivity contribution in [1.82, 2.24) is 5.32 Å². The number of nitrogens with zero attached hydrogens (tertiary/aromatic N) is 1. The maximum Gasteiger partial charge on any atom is 0.123 e. The molecule has 3 heteroatoms. The fraction of sp³-hybridized carbons (Fsp3) is 0.235. The zero-order chi connectivity index (χ0) is 14.4. The van der Waals surface area contributed by atoms with Gasteiger partial charge in [-0.1, -0.05) is 42.5 Å². The fourth-order valence-electron chi connectivity index (χ4n) is 2.20. The number of nitriles is 1. The van der Waals surface area contributed by atoms with Crippen LogP contribution in [0.2, 0.25) is 0 Å². The molecule has 0 spiro atoms. The van der Waals surface area contributed by atoms with Crippen molar-refractivity contribution in [2.75, 3.05) is 0 Å². The van der Waals surface area contributed by atoms with Gasteiger partial charge in [0.1, 0.15) is 5.82 Å². The summed E-state index contributed by atoms with van der Waals surface area (Å²) in [6.45, 7) is 2.01. The van der Waals surface area contributed by atoms with Crippen LogP contribution in [0.1, 0.15) is 36.6 Å². The number of rotatable bonds is 5. The first-order valence-corrected chi connectivity index (χ1v) is 6.64. The third-order valence-corrected chi connectivity index (χ3v) is 3.32. The van der Waals surface area contributed by atoms with E-state index in [0.29, 0.717) is 6.42 Å². The summed E-state index contributed by atoms with van der Waals surface area (Å²) in [7, 11) is 0. The highest BCUT2D eigenvalue weighted by molar-refractivity contribution is 5.23. The maximum atomic E-state index is 12.9. The fourth-order valence-corrected chi connectivity index (χ4v) is 2.20. The van der Waals surface area contributed by atoms with Crippen LogP contribution >= 0.6 is 0 Å². The molecule has 2 aromatic rings. The van der Waals surface area contributed by atoms with Crippen LogP contribution < -0.4 is 5.32 Å². The van der Waals surface area contributed by atoms with E-state index in [2.05, 4.69) is 11.4 Å². The number of benzene rings is 2. The van der Waals surface area contributed by atoms with E-state index in [-0.39, 0.29) is 17.9 Å². The Morgan fingerprint density at radius 3 is 2.30 bits per heavy atom. The number of halogens is 1. The second-order valence-electron chi connectivity index (χ2n) is 4.77. The summed E-state index contributed by atoms with van der Waals surface area (Å²) in [5.74, 6) is -0.238. The van der Waals surface area contributed by atoms with Crippen molar-refractivity contribution < 1.29 is 4.39 Å². The highest BCUT2D eigenvalue weighted by atomic mass is 19.1. The zero-order valence-corrected chi connectivity index (χ0v) is 11.4. The van der Waals surface area contributed by atoms with Gasteiger partial charge in [-0.3, -0.25) is 0 Å². The van der Waals surface area contributed by atoms with Crippen molar-refractivity contribution in [2.45, 2.75) is 25.4 Å². The number of hydrogen-bond acceptors (Lipinski definition) is 2. The molecule has 0 aliphatic rings. The van der Waals surface area contributed by atoms with Crippen LogP contribution in [0.4, 0.5) is 4.39 Å². The normalized spacial score (nSPS) is 13.4. The Kier molecular flexibility index (Phi) is 4.86. The highest BCUT2D eigenvalue weighted by Gasteiger charge is 2.15. The van der Waals surface area contributed by atoms with Gasteiger partial charge in [-0.15, -0.1) is 0 Å². The SMILES string of the molecule is CC(NC(CC#N)c1ccccc1)c1ccc(F)cc1. The molecule has 2 atom stereocenters. The van der Waals surface area contributed by atoms with Gasteiger partial charge in [-0.2, -0.15) is 5.26 Å². The topological polar surface area (TPSA) is 35.8 Å². The molecule has 0 fully saturated rings. The van der Waals surface area contributed by atoms with Gasteiger partial charge in [0.05, 0.1) is 12.5 Å². The lowest BCUT2D eigenvalue weighted by Gasteiger charge is -2.22. The molecule has 0 saturated carbocycles. The lowest BCUT2D eigenvalue weighted by molar-refractivity contribution is 0.472. The Hall–Kier alpha value is -2.18. The monoisotopic (exact) mass is 268 g/mol. The molecule has 0 bridgehead atoms. The second kappa shape index (κ2) is 6.83. The van der Waals surface area contributed by atoms with Crippen LogP contribution in [0, 0.1) is 17.1 Å². The standard InChI is InChI=1S/C17H17FN2/c1-13(14-7-9-16(18)10-8-14)20-17(11-12-19)15-5-3-2-4-6-15/h2-10,13,17,20H,11H2,1H3. The van der Waals surface area contributed by atoms with Crippen LogP contribution in [0.5, 0.6) is 0 Å². The Bertz CT molecular complexity index is 572. The van der Waals surface area contributed by atoms with Gasteiger partial charge in [0, 0.05) is 12.1 Å². The first-order chi connectivity index (χ1) is 9.70. The van der Waals surface area contributed by atoms with Gasteiger partial charge in [-0.25, -0.2) is 4.39 Å². The first kappa shape index (κ1) is 14.2. The predicted octanol–water partition coefficient (Wildman–Crippen LogP) is 4.13. The van der Waals surface area contributed by atoms with E-state index >= 15 is 0 Å². The van der Waals surface area contributed by atoms with Crippen molar-refractivity contribution in [2.24, 2.45) is 0 Å². The third kappa shape index (κ3) is 3.66. The van der Waals surface area contributed by atoms with Crippen LogP contribution in [0.25, 0.3) is 0 Å². The average molecular weight is 268 g/mol. The molecule has 0 amide bonds. The molecular weight excluding hydrogens is 251 g/mol. The maximum absolute atomic E-state index is 12.9. The molecule has 2 nitrogen and oxygen atoms in total. The predicted molar refractivity (Wildman–Crippen MR) is 77.4 cm³/mol. The van der Waals surface area contributed by atoms with Crippen LogP contribution in [-0.4, -0.2) is 0 Å². The smallest absolute Gasteiger partial charge is 0.123 e. The Morgan fingerprint density at radius 1 is 1.05 bits per heavy atom. The lowest BCUT2D eigenvalue weighted by atomic mass is 10.0. The lowest BCUT2D eigenvalue weighted by Crippen LogP contribution is -2.24. The molecule has 2 rings (SSSR count). The van der Waals surface area contributed by atoms with Gasteiger partial charge < -0.3 is 5.32 Å². The van der Waals surface area contributed by atoms with Gasteiger partial charge in [0.25, 0.3) is 0 Å². The molecule has 102 valence electrons. The second-order valence-corrected chi connectivity index (χ2v) is 4.77. The van der Waals surface area contributed by atoms with E-state index in [9.17, 15) is 4.39 Å². The molecule has 0 heterocycles. The summed E-state index contributed by atoms with van der Waals surface area (Å²) in [5.41, 5.74) is 2.09. The first-order valence-electron chi connectivity index (χ1n) is 6.64. The third-order valence-electron chi connectivity index (χ3n) is 3.32. The zero-order valence-electron chi connectivity index (χ0n) is 11.4. The Labute approximate surface area is 118 Å². The largest absolute Gasteiger partial charge is 0.302 e. The van der Waals surface area contributed by atoms with E-state index in [1.165, 1.54) is 12.1 Å². The summed E-state index contributed by atoms with van der Waals surface area (Å²) < 4.78 is 12.9. The van der Waals surface area contributed by atoms with E-state index in [1.807, 2.05) is 37.3 Å². The molecule has 0 aromatic heterocycles. The quantitative estimate of drug-likeness (QED) is 0.885. The van der Waals surface area contributed by atoms with Crippen molar-refractivity contribution in [3.05, 3.63) is 71.5 Å². The Morgan fingerprint density at radius 2 is 1.70 bits per heavy atom. The molecule has 0 radical (unpaired) electrons. The number of hydrogen-bond donors (Lipinski definition) is 1. The van der Waals surface area contributed by atoms with E-state index in [4.69, 9.17) is 5.26 Å². The van der Waals surface area contributed by atoms with Crippen molar-refractivity contribution >= 4 is 0 Å². The molecule has 0 saturated heterocycles. The van der Waals surface area contributed by atoms with E-state index in [1.54, 1.807) is 12.1 Å². The minimum atomic E-state index is -0.238. The minimum Gasteiger partial charge on any atom is -0.302 e. The van der Waals surface area contributed by atoms with E-state index < -0.39 is 0 Å². The van der Waals surface area contributed by atoms with Crippen molar-refractivity contribution in [3.63, 3.8) is 0 Å². The Balaban J connectivity index is 2.12. The summed E-state index contributed by atoms with van der Waals surface area (Å²) >= 11 is 0. The van der Waals surface area contributed by atoms with Crippen LogP contribution in [0.3, 0.4) is 0 Å². The van der Waals surface area contributed by atoms with Gasteiger partial charge >= 0.3 is 0 Å². The van der Waals surface area contributed by atoms with Gasteiger partial charge in [0.2, 0.25) is 0 Å². The summed E-state index contributed by atoms with van der Waals surface area (Å²) in [6, 6.07) is 18.6. The molecular formula is C17H17FN2. The minimum absolute atomic E-state index is 0.0266. The summed E-state index contributed by atoms with van der Waals surface area (Å²) in [6.07, 6.45) is 0.398. The van der Waals surface area contributed by atoms with E-state index in [0.717, 1.165) is 11.1 Å². The van der Waals surface area contributed by atoms with Gasteiger partial charge in [0.15, 0.2) is 0 Å². The average Bonchev–Trinajstić information content (AvgIpc) is 2.48. The number of nitrogens with one attached hydrogen (secondary N) is 1. The molecule has 1 N–H and O–H groups in total. The molecule has 20 heavy (non-hydrogen) atoms. The van der Waals surface area contributed by atoms with Crippen LogP contribution in [0.15, 0.2) is 54.6 Å². The highest BCUT2D eigenvalue weighted by Crippen LogP contribution is 2.22. The van der Waals surface area contributed by atoms with Crippen molar-refractivity contribution in [3.8, 4) is 6.07 Å². The van der Waals surface area contributed by atoms with Crippen LogP contribution in [-0.2, 0) is 0 Å². The molecule has 2 aromatic carbocycles. The summed E-state index contributed by atoms with van der Waals surface area (Å²) in [4.78, 5) is 0. The molecule has 0 aliphatic heterocycles. The molecule has 2 unspecified atom stereocenters. The molecule has 0 aliphatic carbocycles. The summed E-state index contributed by atoms with van der Waals surface area (Å²) in [5, 5.41) is 12.4.